The van der Waals surface area contributed by atoms with Crippen LogP contribution in [-0.2, 0) is 11.2 Å². The first-order valence-corrected chi connectivity index (χ1v) is 12.6. The molecule has 1 N–H and O–H groups in total. The van der Waals surface area contributed by atoms with Crippen LogP contribution in [0.5, 0.6) is 11.5 Å². The number of nitrogens with one attached hydrogen (secondary N) is 1. The lowest BCUT2D eigenvalue weighted by Crippen LogP contribution is -2.42. The van der Waals surface area contributed by atoms with E-state index in [4.69, 9.17) is 14.2 Å². The van der Waals surface area contributed by atoms with E-state index >= 15 is 0 Å². The predicted molar refractivity (Wildman–Crippen MR) is 139 cm³/mol. The van der Waals surface area contributed by atoms with Gasteiger partial charge >= 0.3 is 6.09 Å². The second-order valence-electron chi connectivity index (χ2n) is 10.6. The summed E-state index contributed by atoms with van der Waals surface area (Å²) in [6.07, 6.45) is 3.73. The lowest BCUT2D eigenvalue weighted by molar-refractivity contribution is 0.0184. The van der Waals surface area contributed by atoms with Crippen LogP contribution in [0.15, 0.2) is 30.0 Å². The van der Waals surface area contributed by atoms with Gasteiger partial charge in [0.2, 0.25) is 5.78 Å². The van der Waals surface area contributed by atoms with Gasteiger partial charge in [0.15, 0.2) is 11.4 Å². The summed E-state index contributed by atoms with van der Waals surface area (Å²) in [6, 6.07) is 7.41. The number of H-pyrrole nitrogens is 1. The third kappa shape index (κ3) is 5.03. The molecule has 1 fully saturated rings. The Hall–Kier alpha value is -3.88. The normalized spacial score (nSPS) is 17.3. The topological polar surface area (TPSA) is 107 Å². The SMILES string of the molecule is COc1ccc2c(c1CC1CCN(C(=O)OC(C)(C)C)CC1)O/C(=C\c1n[nH]c3nc(C)ccc13)C2=O. The minimum atomic E-state index is -0.515. The number of hydrogen-bond donors (Lipinski definition) is 1. The Bertz CT molecular complexity index is 1390. The molecule has 1 saturated heterocycles. The van der Waals surface area contributed by atoms with E-state index in [1.807, 2.05) is 45.9 Å². The zero-order chi connectivity index (χ0) is 26.3. The number of nitrogens with zero attached hydrogens (tertiary/aromatic N) is 3. The van der Waals surface area contributed by atoms with E-state index in [0.717, 1.165) is 29.5 Å². The molecule has 1 amide bonds. The fraction of sp³-hybridized carbons (Fsp3) is 0.429. The minimum absolute atomic E-state index is 0.185. The highest BCUT2D eigenvalue weighted by Gasteiger charge is 2.34. The van der Waals surface area contributed by atoms with Crippen LogP contribution in [0.25, 0.3) is 17.1 Å². The Balaban J connectivity index is 1.35. The molecular formula is C28H32N4O5. The van der Waals surface area contributed by atoms with Crippen LogP contribution < -0.4 is 9.47 Å². The van der Waals surface area contributed by atoms with Gasteiger partial charge in [-0.15, -0.1) is 0 Å². The van der Waals surface area contributed by atoms with E-state index < -0.39 is 5.60 Å². The van der Waals surface area contributed by atoms with Crippen molar-refractivity contribution in [1.82, 2.24) is 20.1 Å². The Morgan fingerprint density at radius 3 is 2.68 bits per heavy atom. The first kappa shape index (κ1) is 24.8. The zero-order valence-corrected chi connectivity index (χ0v) is 21.9. The summed E-state index contributed by atoms with van der Waals surface area (Å²) in [5.74, 6) is 1.58. The van der Waals surface area contributed by atoms with Gasteiger partial charge in [-0.25, -0.2) is 9.78 Å². The number of amides is 1. The van der Waals surface area contributed by atoms with Crippen LogP contribution in [-0.4, -0.2) is 57.8 Å². The number of benzene rings is 1. The third-order valence-electron chi connectivity index (χ3n) is 6.74. The summed E-state index contributed by atoms with van der Waals surface area (Å²) in [6.45, 7) is 8.78. The number of Topliss-reactive ketones (excluding diaryl/α,β-unsaturated/α-hetero) is 1. The Kier molecular flexibility index (Phi) is 6.39. The van der Waals surface area contributed by atoms with Crippen LogP contribution in [0.4, 0.5) is 4.79 Å². The molecule has 0 saturated carbocycles. The first-order chi connectivity index (χ1) is 17.6. The van der Waals surface area contributed by atoms with Crippen LogP contribution in [0.3, 0.4) is 0 Å². The molecule has 0 radical (unpaired) electrons. The molecule has 1 aromatic carbocycles. The quantitative estimate of drug-likeness (QED) is 0.494. The van der Waals surface area contributed by atoms with Gasteiger partial charge in [-0.2, -0.15) is 5.10 Å². The van der Waals surface area contributed by atoms with Crippen molar-refractivity contribution in [3.05, 3.63) is 52.5 Å². The maximum atomic E-state index is 13.2. The summed E-state index contributed by atoms with van der Waals surface area (Å²) in [5.41, 5.74) is 3.01. The number of pyridine rings is 1. The number of ketones is 1. The van der Waals surface area contributed by atoms with Gasteiger partial charge in [-0.1, -0.05) is 0 Å². The van der Waals surface area contributed by atoms with Crippen molar-refractivity contribution in [1.29, 1.82) is 0 Å². The van der Waals surface area contributed by atoms with Crippen molar-refractivity contribution < 1.29 is 23.8 Å². The summed E-state index contributed by atoms with van der Waals surface area (Å²) < 4.78 is 17.3. The maximum absolute atomic E-state index is 13.2. The van der Waals surface area contributed by atoms with Gasteiger partial charge in [-0.05, 0) is 77.1 Å². The number of likely N-dealkylation sites (tertiary alicyclic amines) is 1. The lowest BCUT2D eigenvalue weighted by atomic mass is 9.88. The van der Waals surface area contributed by atoms with Crippen LogP contribution >= 0.6 is 0 Å². The molecule has 0 spiro atoms. The average molecular weight is 505 g/mol. The molecule has 3 aromatic rings. The smallest absolute Gasteiger partial charge is 0.410 e. The second-order valence-corrected chi connectivity index (χ2v) is 10.6. The van der Waals surface area contributed by atoms with Crippen molar-refractivity contribution in [2.75, 3.05) is 20.2 Å². The predicted octanol–water partition coefficient (Wildman–Crippen LogP) is 5.08. The molecule has 0 bridgehead atoms. The lowest BCUT2D eigenvalue weighted by Gasteiger charge is -2.33. The number of hydrogen-bond acceptors (Lipinski definition) is 7. The molecule has 2 aliphatic rings. The standard InChI is InChI=1S/C28H32N4O5/c1-16-6-7-18-21(30-31-26(18)29-16)15-23-24(33)19-8-9-22(35-5)20(25(19)36-23)14-17-10-12-32(13-11-17)27(34)37-28(2,3)4/h6-9,15,17H,10-14H2,1-5H3,(H,29,30,31)/b23-15-. The molecular weight excluding hydrogens is 472 g/mol. The summed E-state index contributed by atoms with van der Waals surface area (Å²) in [7, 11) is 1.62. The molecule has 5 rings (SSSR count). The first-order valence-electron chi connectivity index (χ1n) is 12.6. The van der Waals surface area contributed by atoms with Crippen LogP contribution in [0, 0.1) is 12.8 Å². The van der Waals surface area contributed by atoms with Gasteiger partial charge in [0.25, 0.3) is 0 Å². The highest BCUT2D eigenvalue weighted by atomic mass is 16.6. The number of ether oxygens (including phenoxy) is 3. The average Bonchev–Trinajstić information content (AvgIpc) is 3.39. The van der Waals surface area contributed by atoms with Gasteiger partial charge in [0.1, 0.15) is 17.1 Å². The fourth-order valence-electron chi connectivity index (χ4n) is 4.86. The molecule has 9 nitrogen and oxygen atoms in total. The zero-order valence-electron chi connectivity index (χ0n) is 21.9. The number of aryl methyl sites for hydroxylation is 1. The number of allylic oxidation sites excluding steroid dienone is 1. The van der Waals surface area contributed by atoms with Crippen LogP contribution in [0.2, 0.25) is 0 Å². The number of carbonyl (C=O) groups is 2. The number of aromatic amines is 1. The molecule has 194 valence electrons. The number of carbonyl (C=O) groups excluding carboxylic acids is 2. The number of fused-ring (bicyclic) bond motifs is 2. The van der Waals surface area contributed by atoms with Gasteiger partial charge in [0, 0.05) is 35.8 Å². The van der Waals surface area contributed by atoms with Crippen molar-refractivity contribution >= 4 is 29.0 Å². The van der Waals surface area contributed by atoms with E-state index in [2.05, 4.69) is 15.2 Å². The maximum Gasteiger partial charge on any atom is 0.410 e. The Morgan fingerprint density at radius 1 is 1.22 bits per heavy atom. The highest BCUT2D eigenvalue weighted by Crippen LogP contribution is 2.42. The highest BCUT2D eigenvalue weighted by molar-refractivity contribution is 6.15. The van der Waals surface area contributed by atoms with Crippen molar-refractivity contribution in [2.45, 2.75) is 52.6 Å². The second kappa shape index (κ2) is 9.53. The minimum Gasteiger partial charge on any atom is -0.496 e. The number of aromatic nitrogens is 3. The van der Waals surface area contributed by atoms with E-state index in [1.165, 1.54) is 0 Å². The largest absolute Gasteiger partial charge is 0.496 e. The van der Waals surface area contributed by atoms with Crippen LogP contribution in [0.1, 0.15) is 60.9 Å². The number of rotatable bonds is 4. The monoisotopic (exact) mass is 504 g/mol. The van der Waals surface area contributed by atoms with Crippen molar-refractivity contribution in [2.24, 2.45) is 5.92 Å². The van der Waals surface area contributed by atoms with Gasteiger partial charge < -0.3 is 19.1 Å². The summed E-state index contributed by atoms with van der Waals surface area (Å²) >= 11 is 0. The van der Waals surface area contributed by atoms with E-state index in [9.17, 15) is 9.59 Å². The Morgan fingerprint density at radius 2 is 1.97 bits per heavy atom. The van der Waals surface area contributed by atoms with Gasteiger partial charge in [0.05, 0.1) is 18.4 Å². The summed E-state index contributed by atoms with van der Waals surface area (Å²) in [4.78, 5) is 31.9. The molecule has 37 heavy (non-hydrogen) atoms. The molecule has 4 heterocycles. The number of methoxy groups -OCH3 is 1. The molecule has 2 aliphatic heterocycles. The summed E-state index contributed by atoms with van der Waals surface area (Å²) in [5, 5.41) is 8.06. The number of piperidine rings is 1. The van der Waals surface area contributed by atoms with E-state index in [1.54, 1.807) is 24.2 Å². The van der Waals surface area contributed by atoms with E-state index in [-0.39, 0.29) is 17.6 Å². The fourth-order valence-corrected chi connectivity index (χ4v) is 4.86. The Labute approximate surface area is 215 Å². The van der Waals surface area contributed by atoms with Gasteiger partial charge in [-0.3, -0.25) is 9.89 Å². The molecule has 9 heteroatoms. The van der Waals surface area contributed by atoms with Crippen molar-refractivity contribution in [3.63, 3.8) is 0 Å². The van der Waals surface area contributed by atoms with Crippen molar-refractivity contribution in [3.8, 4) is 11.5 Å². The molecule has 0 aliphatic carbocycles. The molecule has 0 atom stereocenters. The molecule has 2 aromatic heterocycles. The van der Waals surface area contributed by atoms with E-state index in [0.29, 0.717) is 53.8 Å². The molecule has 0 unspecified atom stereocenters. The third-order valence-corrected chi connectivity index (χ3v) is 6.74.